The summed E-state index contributed by atoms with van der Waals surface area (Å²) in [6.45, 7) is 0. The molecule has 0 saturated heterocycles. The van der Waals surface area contributed by atoms with Crippen molar-refractivity contribution < 1.29 is 14.8 Å². The normalized spacial score (nSPS) is 10.2. The number of benzene rings is 1. The number of aromatic hydroxyl groups is 1. The maximum atomic E-state index is 10.7. The van der Waals surface area contributed by atoms with Gasteiger partial charge in [-0.2, -0.15) is 0 Å². The minimum atomic E-state index is -0.565. The first-order chi connectivity index (χ1) is 7.63. The first-order valence-corrected chi connectivity index (χ1v) is 4.36. The Morgan fingerprint density at radius 1 is 1.31 bits per heavy atom. The number of hydrogen-bond acceptors (Lipinski definition) is 5. The van der Waals surface area contributed by atoms with Crippen LogP contribution in [0.2, 0.25) is 0 Å². The standard InChI is InChI=1S/C10H6N2O4/c13-5-6-1-2-7-8(12(15)16)3-4-9(14)10(7)11-6/h1-5,14H. The maximum Gasteiger partial charge on any atom is 0.279 e. The zero-order valence-electron chi connectivity index (χ0n) is 7.95. The van der Waals surface area contributed by atoms with Crippen LogP contribution in [-0.4, -0.2) is 21.3 Å². The van der Waals surface area contributed by atoms with Gasteiger partial charge in [0.1, 0.15) is 17.0 Å². The molecule has 80 valence electrons. The SMILES string of the molecule is O=Cc1ccc2c([N+](=O)[O-])ccc(O)c2n1. The van der Waals surface area contributed by atoms with E-state index >= 15 is 0 Å². The van der Waals surface area contributed by atoms with Crippen molar-refractivity contribution in [3.05, 3.63) is 40.1 Å². The van der Waals surface area contributed by atoms with Crippen LogP contribution in [0.15, 0.2) is 24.3 Å². The lowest BCUT2D eigenvalue weighted by molar-refractivity contribution is -0.383. The van der Waals surface area contributed by atoms with E-state index in [-0.39, 0.29) is 28.0 Å². The zero-order valence-corrected chi connectivity index (χ0v) is 7.95. The molecule has 1 N–H and O–H groups in total. The van der Waals surface area contributed by atoms with E-state index in [9.17, 15) is 20.0 Å². The molecule has 0 unspecified atom stereocenters. The van der Waals surface area contributed by atoms with Gasteiger partial charge >= 0.3 is 0 Å². The zero-order chi connectivity index (χ0) is 11.7. The average Bonchev–Trinajstić information content (AvgIpc) is 2.29. The van der Waals surface area contributed by atoms with Gasteiger partial charge in [-0.15, -0.1) is 0 Å². The average molecular weight is 218 g/mol. The fourth-order valence-corrected chi connectivity index (χ4v) is 1.43. The van der Waals surface area contributed by atoms with E-state index in [4.69, 9.17) is 0 Å². The number of phenolic OH excluding ortho intramolecular Hbond substituents is 1. The summed E-state index contributed by atoms with van der Waals surface area (Å²) in [5, 5.41) is 20.4. The molecule has 1 aromatic heterocycles. The van der Waals surface area contributed by atoms with Crippen LogP contribution in [0.3, 0.4) is 0 Å². The predicted molar refractivity (Wildman–Crippen MR) is 55.4 cm³/mol. The minimum Gasteiger partial charge on any atom is -0.506 e. The van der Waals surface area contributed by atoms with Crippen molar-refractivity contribution in [3.8, 4) is 5.75 Å². The Hall–Kier alpha value is -2.50. The molecule has 0 saturated carbocycles. The van der Waals surface area contributed by atoms with E-state index in [1.807, 2.05) is 0 Å². The molecule has 16 heavy (non-hydrogen) atoms. The summed E-state index contributed by atoms with van der Waals surface area (Å²) in [4.78, 5) is 24.5. The Kier molecular flexibility index (Phi) is 2.24. The van der Waals surface area contributed by atoms with Gasteiger partial charge < -0.3 is 5.11 Å². The highest BCUT2D eigenvalue weighted by Gasteiger charge is 2.15. The number of aldehydes is 1. The summed E-state index contributed by atoms with van der Waals surface area (Å²) >= 11 is 0. The lowest BCUT2D eigenvalue weighted by Crippen LogP contribution is -1.93. The lowest BCUT2D eigenvalue weighted by atomic mass is 10.1. The molecular formula is C10H6N2O4. The highest BCUT2D eigenvalue weighted by molar-refractivity contribution is 5.93. The second-order valence-corrected chi connectivity index (χ2v) is 3.11. The second kappa shape index (κ2) is 3.58. The molecule has 2 aromatic rings. The van der Waals surface area contributed by atoms with Gasteiger partial charge in [0.25, 0.3) is 5.69 Å². The van der Waals surface area contributed by atoms with E-state index in [0.29, 0.717) is 6.29 Å². The Labute approximate surface area is 89.3 Å². The Balaban J connectivity index is 2.85. The van der Waals surface area contributed by atoms with Gasteiger partial charge in [0.2, 0.25) is 0 Å². The van der Waals surface area contributed by atoms with Crippen LogP contribution < -0.4 is 0 Å². The number of aromatic nitrogens is 1. The highest BCUT2D eigenvalue weighted by atomic mass is 16.6. The van der Waals surface area contributed by atoms with Gasteiger partial charge in [-0.25, -0.2) is 4.98 Å². The summed E-state index contributed by atoms with van der Waals surface area (Å²) < 4.78 is 0. The van der Waals surface area contributed by atoms with Crippen LogP contribution in [0, 0.1) is 10.1 Å². The first kappa shape index (κ1) is 10.0. The number of fused-ring (bicyclic) bond motifs is 1. The summed E-state index contributed by atoms with van der Waals surface area (Å²) in [6, 6.07) is 5.13. The summed E-state index contributed by atoms with van der Waals surface area (Å²) in [6.07, 6.45) is 0.512. The van der Waals surface area contributed by atoms with Crippen LogP contribution in [0.1, 0.15) is 10.5 Å². The predicted octanol–water partition coefficient (Wildman–Crippen LogP) is 1.66. The Morgan fingerprint density at radius 3 is 2.69 bits per heavy atom. The van der Waals surface area contributed by atoms with E-state index in [1.165, 1.54) is 24.3 Å². The quantitative estimate of drug-likeness (QED) is 0.470. The third kappa shape index (κ3) is 1.46. The van der Waals surface area contributed by atoms with Crippen molar-refractivity contribution in [2.45, 2.75) is 0 Å². The molecule has 1 aromatic carbocycles. The Bertz CT molecular complexity index is 595. The fraction of sp³-hybridized carbons (Fsp3) is 0. The number of nitro benzene ring substituents is 1. The van der Waals surface area contributed by atoms with Gasteiger partial charge in [-0.05, 0) is 18.2 Å². The fourth-order valence-electron chi connectivity index (χ4n) is 1.43. The number of carbonyl (C=O) groups excluding carboxylic acids is 1. The second-order valence-electron chi connectivity index (χ2n) is 3.11. The van der Waals surface area contributed by atoms with Crippen molar-refractivity contribution in [2.75, 3.05) is 0 Å². The number of pyridine rings is 1. The maximum absolute atomic E-state index is 10.7. The Morgan fingerprint density at radius 2 is 2.06 bits per heavy atom. The van der Waals surface area contributed by atoms with Crippen LogP contribution >= 0.6 is 0 Å². The number of hydrogen-bond donors (Lipinski definition) is 1. The van der Waals surface area contributed by atoms with Crippen LogP contribution in [0.5, 0.6) is 5.75 Å². The molecule has 2 rings (SSSR count). The van der Waals surface area contributed by atoms with Crippen molar-refractivity contribution in [1.82, 2.24) is 4.98 Å². The van der Waals surface area contributed by atoms with Crippen molar-refractivity contribution in [3.63, 3.8) is 0 Å². The summed E-state index contributed by atoms with van der Waals surface area (Å²) in [5.74, 6) is -0.190. The first-order valence-electron chi connectivity index (χ1n) is 4.36. The van der Waals surface area contributed by atoms with E-state index in [2.05, 4.69) is 4.98 Å². The van der Waals surface area contributed by atoms with Crippen LogP contribution in [0.4, 0.5) is 5.69 Å². The molecule has 0 radical (unpaired) electrons. The smallest absolute Gasteiger partial charge is 0.279 e. The van der Waals surface area contributed by atoms with Gasteiger partial charge in [0, 0.05) is 6.07 Å². The number of non-ortho nitro benzene ring substituents is 1. The third-order valence-corrected chi connectivity index (χ3v) is 2.15. The molecule has 6 heteroatoms. The van der Waals surface area contributed by atoms with Gasteiger partial charge in [0.15, 0.2) is 6.29 Å². The molecule has 0 atom stereocenters. The molecule has 0 fully saturated rings. The minimum absolute atomic E-state index is 0.0544. The molecule has 6 nitrogen and oxygen atoms in total. The molecule has 0 aliphatic carbocycles. The molecule has 1 heterocycles. The van der Waals surface area contributed by atoms with E-state index in [0.717, 1.165) is 0 Å². The number of carbonyl (C=O) groups is 1. The number of nitrogens with zero attached hydrogens (tertiary/aromatic N) is 2. The molecule has 0 spiro atoms. The van der Waals surface area contributed by atoms with Crippen molar-refractivity contribution >= 4 is 22.9 Å². The topological polar surface area (TPSA) is 93.3 Å². The van der Waals surface area contributed by atoms with Crippen molar-refractivity contribution in [2.24, 2.45) is 0 Å². The van der Waals surface area contributed by atoms with Crippen molar-refractivity contribution in [1.29, 1.82) is 0 Å². The summed E-state index contributed by atoms with van der Waals surface area (Å²) in [7, 11) is 0. The molecular weight excluding hydrogens is 212 g/mol. The molecule has 0 amide bonds. The monoisotopic (exact) mass is 218 g/mol. The number of rotatable bonds is 2. The van der Waals surface area contributed by atoms with Gasteiger partial charge in [-0.1, -0.05) is 0 Å². The highest BCUT2D eigenvalue weighted by Crippen LogP contribution is 2.30. The molecule has 0 aliphatic heterocycles. The lowest BCUT2D eigenvalue weighted by Gasteiger charge is -2.01. The molecule has 0 bridgehead atoms. The van der Waals surface area contributed by atoms with E-state index in [1.54, 1.807) is 0 Å². The number of nitro groups is 1. The van der Waals surface area contributed by atoms with E-state index < -0.39 is 4.92 Å². The number of phenols is 1. The van der Waals surface area contributed by atoms with Crippen LogP contribution in [0.25, 0.3) is 10.9 Å². The van der Waals surface area contributed by atoms with Crippen LogP contribution in [-0.2, 0) is 0 Å². The molecule has 0 aliphatic rings. The summed E-state index contributed by atoms with van der Waals surface area (Å²) in [5.41, 5.74) is 0.0137. The van der Waals surface area contributed by atoms with Gasteiger partial charge in [-0.3, -0.25) is 14.9 Å². The van der Waals surface area contributed by atoms with Gasteiger partial charge in [0.05, 0.1) is 10.3 Å². The largest absolute Gasteiger partial charge is 0.506 e. The third-order valence-electron chi connectivity index (χ3n) is 2.15.